The second-order valence-corrected chi connectivity index (χ2v) is 13.8. The van der Waals surface area contributed by atoms with Crippen molar-refractivity contribution in [3.8, 4) is 23.0 Å². The fourth-order valence-corrected chi connectivity index (χ4v) is 5.38. The topological polar surface area (TPSA) is 190 Å². The van der Waals surface area contributed by atoms with Gasteiger partial charge in [-0.1, -0.05) is 27.7 Å². The smallest absolute Gasteiger partial charge is 0.125 e. The van der Waals surface area contributed by atoms with Crippen molar-refractivity contribution < 1.29 is 18.9 Å². The van der Waals surface area contributed by atoms with Gasteiger partial charge in [-0.25, -0.2) is 0 Å². The lowest BCUT2D eigenvalue weighted by atomic mass is 9.92. The van der Waals surface area contributed by atoms with E-state index in [0.29, 0.717) is 72.5 Å². The van der Waals surface area contributed by atoms with Gasteiger partial charge < -0.3 is 41.9 Å². The zero-order valence-corrected chi connectivity index (χ0v) is 34.0. The summed E-state index contributed by atoms with van der Waals surface area (Å²) in [6.07, 6.45) is 3.66. The van der Waals surface area contributed by atoms with Gasteiger partial charge in [0.25, 0.3) is 0 Å². The van der Waals surface area contributed by atoms with Crippen molar-refractivity contribution in [1.29, 1.82) is 0 Å². The van der Waals surface area contributed by atoms with Crippen LogP contribution in [0.4, 0.5) is 0 Å². The molecule has 0 aliphatic rings. The molecule has 0 aliphatic carbocycles. The first kappa shape index (κ1) is 43.7. The lowest BCUT2D eigenvalue weighted by Crippen LogP contribution is -2.45. The Morgan fingerprint density at radius 3 is 0.737 bits per heavy atom. The Morgan fingerprint density at radius 1 is 0.368 bits per heavy atom. The molecule has 57 heavy (non-hydrogen) atoms. The van der Waals surface area contributed by atoms with Gasteiger partial charge in [0.05, 0.1) is 0 Å². The standard InChI is InChI=1S/C45H60N8O4/c1-5-25-50-41(46)33-9-17-37(18-10-33)54-29-45(30-55-38-19-11-34(12-20-38)42(47)51-26-6-2,31-56-39-21-13-35(14-22-39)43(48)52-27-7-3)32-57-40-23-15-36(16-24-40)44(49)53-28-8-4/h9-24H,5-8,25-32H2,1-4H3,(H2,46,50)(H2,47,51)(H2,48,52)(H2,49,53). The molecule has 0 atom stereocenters. The van der Waals surface area contributed by atoms with E-state index in [2.05, 4.69) is 47.7 Å². The Labute approximate surface area is 338 Å². The predicted octanol–water partition coefficient (Wildman–Crippen LogP) is 6.75. The molecule has 0 fully saturated rings. The van der Waals surface area contributed by atoms with Gasteiger partial charge in [0.15, 0.2) is 0 Å². The van der Waals surface area contributed by atoms with E-state index >= 15 is 0 Å². The first-order valence-corrected chi connectivity index (χ1v) is 19.8. The molecule has 12 heteroatoms. The fraction of sp³-hybridized carbons (Fsp3) is 0.378. The van der Waals surface area contributed by atoms with Crippen LogP contribution in [0.2, 0.25) is 0 Å². The normalized spacial score (nSPS) is 13.5. The van der Waals surface area contributed by atoms with Crippen LogP contribution < -0.4 is 41.9 Å². The van der Waals surface area contributed by atoms with Crippen molar-refractivity contribution in [2.75, 3.05) is 52.6 Å². The Bertz CT molecular complexity index is 1620. The van der Waals surface area contributed by atoms with Crippen LogP contribution in [0, 0.1) is 5.41 Å². The maximum absolute atomic E-state index is 6.50. The van der Waals surface area contributed by atoms with E-state index in [0.717, 1.165) is 47.9 Å². The van der Waals surface area contributed by atoms with Crippen LogP contribution in [0.1, 0.15) is 75.6 Å². The SMILES string of the molecule is CCCN=C(N)c1ccc(OCC(COc2ccc(C(N)=NCCC)cc2)(COc2ccc(C(N)=NCCC)cc2)COc2ccc(C(N)=NCCC)cc2)cc1. The molecule has 0 bridgehead atoms. The van der Waals surface area contributed by atoms with Gasteiger partial charge in [0.1, 0.15) is 78.2 Å². The molecule has 0 aliphatic heterocycles. The number of hydrogen-bond acceptors (Lipinski definition) is 8. The summed E-state index contributed by atoms with van der Waals surface area (Å²) in [5.41, 5.74) is 27.4. The average molecular weight is 777 g/mol. The van der Waals surface area contributed by atoms with Crippen LogP contribution in [0.15, 0.2) is 117 Å². The van der Waals surface area contributed by atoms with Gasteiger partial charge in [-0.15, -0.1) is 0 Å². The van der Waals surface area contributed by atoms with Gasteiger partial charge in [-0.3, -0.25) is 20.0 Å². The molecule has 0 aromatic heterocycles. The lowest BCUT2D eigenvalue weighted by Gasteiger charge is -2.33. The summed E-state index contributed by atoms with van der Waals surface area (Å²) in [4.78, 5) is 17.7. The summed E-state index contributed by atoms with van der Waals surface area (Å²) in [7, 11) is 0. The third-order valence-electron chi connectivity index (χ3n) is 8.80. The number of aliphatic imine (C=N–C) groups is 4. The number of benzene rings is 4. The van der Waals surface area contributed by atoms with Crippen LogP contribution >= 0.6 is 0 Å². The monoisotopic (exact) mass is 776 g/mol. The van der Waals surface area contributed by atoms with Crippen LogP contribution in [-0.4, -0.2) is 75.9 Å². The summed E-state index contributed by atoms with van der Waals surface area (Å²) in [5.74, 6) is 4.56. The van der Waals surface area contributed by atoms with Gasteiger partial charge >= 0.3 is 0 Å². The number of ether oxygens (including phenoxy) is 4. The molecule has 0 saturated carbocycles. The molecule has 0 heterocycles. The summed E-state index contributed by atoms with van der Waals surface area (Å²) < 4.78 is 26.0. The molecule has 0 amide bonds. The second kappa shape index (κ2) is 23.1. The maximum atomic E-state index is 6.50. The van der Waals surface area contributed by atoms with Crippen LogP contribution in [0.5, 0.6) is 23.0 Å². The second-order valence-electron chi connectivity index (χ2n) is 13.8. The summed E-state index contributed by atoms with van der Waals surface area (Å²) in [6, 6.07) is 30.3. The van der Waals surface area contributed by atoms with E-state index in [1.54, 1.807) is 0 Å². The summed E-state index contributed by atoms with van der Waals surface area (Å²) in [5, 5.41) is 0. The maximum Gasteiger partial charge on any atom is 0.125 e. The van der Waals surface area contributed by atoms with E-state index in [1.807, 2.05) is 97.1 Å². The van der Waals surface area contributed by atoms with Crippen LogP contribution in [-0.2, 0) is 0 Å². The minimum atomic E-state index is -0.832. The average Bonchev–Trinajstić information content (AvgIpc) is 3.25. The Balaban J connectivity index is 1.65. The quantitative estimate of drug-likeness (QED) is 0.0444. The molecule has 304 valence electrons. The molecular formula is C45H60N8O4. The molecule has 0 spiro atoms. The molecule has 0 saturated heterocycles. The van der Waals surface area contributed by atoms with Gasteiger partial charge in [-0.2, -0.15) is 0 Å². The van der Waals surface area contributed by atoms with Crippen molar-refractivity contribution in [3.63, 3.8) is 0 Å². The minimum absolute atomic E-state index is 0.184. The zero-order valence-electron chi connectivity index (χ0n) is 34.0. The van der Waals surface area contributed by atoms with E-state index < -0.39 is 5.41 Å². The van der Waals surface area contributed by atoms with Crippen molar-refractivity contribution >= 4 is 23.3 Å². The van der Waals surface area contributed by atoms with Crippen LogP contribution in [0.25, 0.3) is 0 Å². The van der Waals surface area contributed by atoms with E-state index in [-0.39, 0.29) is 26.4 Å². The van der Waals surface area contributed by atoms with E-state index in [9.17, 15) is 0 Å². The first-order valence-electron chi connectivity index (χ1n) is 19.8. The van der Waals surface area contributed by atoms with Crippen molar-refractivity contribution in [3.05, 3.63) is 119 Å². The number of nitrogens with zero attached hydrogens (tertiary/aromatic N) is 4. The highest BCUT2D eigenvalue weighted by molar-refractivity contribution is 5.99. The molecular weight excluding hydrogens is 717 g/mol. The highest BCUT2D eigenvalue weighted by Gasteiger charge is 2.36. The van der Waals surface area contributed by atoms with Gasteiger partial charge in [0.2, 0.25) is 0 Å². The lowest BCUT2D eigenvalue weighted by molar-refractivity contribution is -0.00351. The van der Waals surface area contributed by atoms with Crippen LogP contribution in [0.3, 0.4) is 0 Å². The zero-order chi connectivity index (χ0) is 40.9. The number of amidine groups is 4. The third kappa shape index (κ3) is 14.2. The predicted molar refractivity (Wildman–Crippen MR) is 234 cm³/mol. The molecule has 0 radical (unpaired) electrons. The minimum Gasteiger partial charge on any atom is -0.493 e. The molecule has 12 nitrogen and oxygen atoms in total. The van der Waals surface area contributed by atoms with E-state index in [4.69, 9.17) is 41.9 Å². The largest absolute Gasteiger partial charge is 0.493 e. The fourth-order valence-electron chi connectivity index (χ4n) is 5.38. The van der Waals surface area contributed by atoms with Crippen molar-refractivity contribution in [1.82, 2.24) is 0 Å². The highest BCUT2D eigenvalue weighted by Crippen LogP contribution is 2.27. The summed E-state index contributed by atoms with van der Waals surface area (Å²) >= 11 is 0. The number of hydrogen-bond donors (Lipinski definition) is 4. The Kier molecular flexibility index (Phi) is 17.7. The molecule has 4 aromatic carbocycles. The number of rotatable bonds is 24. The highest BCUT2D eigenvalue weighted by atomic mass is 16.5. The van der Waals surface area contributed by atoms with E-state index in [1.165, 1.54) is 0 Å². The Morgan fingerprint density at radius 2 is 0.561 bits per heavy atom. The van der Waals surface area contributed by atoms with Crippen molar-refractivity contribution in [2.24, 2.45) is 48.3 Å². The van der Waals surface area contributed by atoms with Gasteiger partial charge in [-0.05, 0) is 123 Å². The molecule has 4 rings (SSSR count). The van der Waals surface area contributed by atoms with Crippen molar-refractivity contribution in [2.45, 2.75) is 53.4 Å². The number of nitrogens with two attached hydrogens (primary N) is 4. The van der Waals surface area contributed by atoms with Gasteiger partial charge in [0, 0.05) is 48.4 Å². The molecule has 4 aromatic rings. The first-order chi connectivity index (χ1) is 27.7. The Hall–Kier alpha value is -6.04. The molecule has 0 unspecified atom stereocenters. The molecule has 8 N–H and O–H groups in total. The third-order valence-corrected chi connectivity index (χ3v) is 8.80. The summed E-state index contributed by atoms with van der Waals surface area (Å²) in [6.45, 7) is 11.7.